The SMILES string of the molecule is COCCn1nnn(CCN2Cc3c(Cl)ccc(Nc4c(NC(c5ccc(C)o5)C(C)(C)C)c(=O)c4=O)c3C2=O)c1=O. The first-order valence-electron chi connectivity index (χ1n) is 13.4. The van der Waals surface area contributed by atoms with Crippen LogP contribution in [0.4, 0.5) is 17.1 Å². The summed E-state index contributed by atoms with van der Waals surface area (Å²) in [5.74, 6) is 1.03. The average molecular weight is 598 g/mol. The maximum absolute atomic E-state index is 13.5. The molecule has 1 unspecified atom stereocenters. The van der Waals surface area contributed by atoms with E-state index in [0.717, 1.165) is 5.76 Å². The fraction of sp³-hybridized carbons (Fsp3) is 0.429. The number of amides is 1. The van der Waals surface area contributed by atoms with Crippen LogP contribution in [0.15, 0.2) is 43.1 Å². The van der Waals surface area contributed by atoms with Gasteiger partial charge in [-0.1, -0.05) is 32.4 Å². The molecule has 14 heteroatoms. The molecule has 1 amide bonds. The predicted molar refractivity (Wildman–Crippen MR) is 156 cm³/mol. The smallest absolute Gasteiger partial charge is 0.363 e. The van der Waals surface area contributed by atoms with Crippen LogP contribution in [0.25, 0.3) is 0 Å². The molecule has 0 bridgehead atoms. The Hall–Kier alpha value is -4.23. The molecule has 0 saturated heterocycles. The van der Waals surface area contributed by atoms with E-state index < -0.39 is 22.6 Å². The number of carbonyl (C=O) groups excluding carboxylic acids is 1. The minimum atomic E-state index is -0.692. The Kier molecular flexibility index (Phi) is 7.82. The number of rotatable bonds is 11. The number of tetrazole rings is 1. The number of hydrogen-bond donors (Lipinski definition) is 2. The lowest BCUT2D eigenvalue weighted by molar-refractivity contribution is 0.0771. The molecular weight excluding hydrogens is 566 g/mol. The topological polar surface area (TPSA) is 154 Å². The molecule has 2 aromatic heterocycles. The van der Waals surface area contributed by atoms with Crippen LogP contribution in [0.1, 0.15) is 54.3 Å². The van der Waals surface area contributed by atoms with Gasteiger partial charge in [0.05, 0.1) is 37.0 Å². The number of nitrogens with zero attached hydrogens (tertiary/aromatic N) is 5. The maximum Gasteiger partial charge on any atom is 0.363 e. The van der Waals surface area contributed by atoms with Gasteiger partial charge in [-0.3, -0.25) is 14.4 Å². The van der Waals surface area contributed by atoms with Crippen molar-refractivity contribution in [3.8, 4) is 0 Å². The zero-order valence-corrected chi connectivity index (χ0v) is 24.7. The molecule has 0 spiro atoms. The second-order valence-electron chi connectivity index (χ2n) is 11.3. The van der Waals surface area contributed by atoms with Crippen LogP contribution in [-0.4, -0.2) is 50.9 Å². The van der Waals surface area contributed by atoms with Crippen molar-refractivity contribution in [1.82, 2.24) is 24.7 Å². The highest BCUT2D eigenvalue weighted by Crippen LogP contribution is 2.39. The molecule has 4 aromatic rings. The van der Waals surface area contributed by atoms with Crippen LogP contribution in [0, 0.1) is 12.3 Å². The number of hydrogen-bond acceptors (Lipinski definition) is 10. The van der Waals surface area contributed by atoms with Crippen molar-refractivity contribution in [2.24, 2.45) is 5.41 Å². The number of fused-ring (bicyclic) bond motifs is 1. The largest absolute Gasteiger partial charge is 0.464 e. The molecule has 42 heavy (non-hydrogen) atoms. The Bertz CT molecular complexity index is 1770. The molecule has 3 heterocycles. The average Bonchev–Trinajstić information content (AvgIpc) is 3.63. The first-order chi connectivity index (χ1) is 19.9. The lowest BCUT2D eigenvalue weighted by Crippen LogP contribution is -2.39. The van der Waals surface area contributed by atoms with E-state index in [0.29, 0.717) is 34.2 Å². The molecule has 0 radical (unpaired) electrons. The molecule has 1 aliphatic heterocycles. The fourth-order valence-corrected chi connectivity index (χ4v) is 5.17. The van der Waals surface area contributed by atoms with Crippen LogP contribution in [0.3, 0.4) is 0 Å². The van der Waals surface area contributed by atoms with Gasteiger partial charge in [0.25, 0.3) is 16.8 Å². The van der Waals surface area contributed by atoms with Gasteiger partial charge >= 0.3 is 5.69 Å². The van der Waals surface area contributed by atoms with Crippen molar-refractivity contribution in [2.75, 3.05) is 30.9 Å². The minimum Gasteiger partial charge on any atom is -0.464 e. The summed E-state index contributed by atoms with van der Waals surface area (Å²) in [5.41, 5.74) is -0.711. The highest BCUT2D eigenvalue weighted by atomic mass is 35.5. The van der Waals surface area contributed by atoms with Crippen molar-refractivity contribution in [3.63, 3.8) is 0 Å². The lowest BCUT2D eigenvalue weighted by Gasteiger charge is -2.31. The number of carbonyl (C=O) groups is 1. The van der Waals surface area contributed by atoms with E-state index in [4.69, 9.17) is 20.8 Å². The van der Waals surface area contributed by atoms with Crippen molar-refractivity contribution >= 4 is 34.6 Å². The highest BCUT2D eigenvalue weighted by Gasteiger charge is 2.35. The number of nitrogens with one attached hydrogen (secondary N) is 2. The van der Waals surface area contributed by atoms with Gasteiger partial charge in [-0.25, -0.2) is 4.79 Å². The molecule has 2 aromatic carbocycles. The Labute approximate surface area is 245 Å². The molecule has 5 rings (SSSR count). The van der Waals surface area contributed by atoms with Gasteiger partial charge < -0.3 is 24.7 Å². The molecular formula is C28H32ClN7O6. The van der Waals surface area contributed by atoms with Crippen LogP contribution in [-0.2, 0) is 24.4 Å². The number of methoxy groups -OCH3 is 1. The number of benzene rings is 1. The molecule has 0 aliphatic carbocycles. The Balaban J connectivity index is 1.37. The number of ether oxygens (including phenoxy) is 1. The maximum atomic E-state index is 13.5. The molecule has 222 valence electrons. The van der Waals surface area contributed by atoms with Crippen LogP contribution in [0.2, 0.25) is 5.02 Å². The van der Waals surface area contributed by atoms with Gasteiger partial charge in [0.15, 0.2) is 0 Å². The van der Waals surface area contributed by atoms with Crippen molar-refractivity contribution in [3.05, 3.63) is 82.9 Å². The van der Waals surface area contributed by atoms with Crippen LogP contribution >= 0.6 is 11.6 Å². The summed E-state index contributed by atoms with van der Waals surface area (Å²) in [6, 6.07) is 6.51. The summed E-state index contributed by atoms with van der Waals surface area (Å²) in [5, 5.41) is 14.3. The van der Waals surface area contributed by atoms with Crippen molar-refractivity contribution in [2.45, 2.75) is 53.4 Å². The predicted octanol–water partition coefficient (Wildman–Crippen LogP) is 2.84. The molecule has 1 aliphatic rings. The third kappa shape index (κ3) is 5.37. The van der Waals surface area contributed by atoms with Crippen molar-refractivity contribution < 1.29 is 13.9 Å². The van der Waals surface area contributed by atoms with Gasteiger partial charge in [0, 0.05) is 30.8 Å². The van der Waals surface area contributed by atoms with Gasteiger partial charge in [-0.15, -0.1) is 0 Å². The van der Waals surface area contributed by atoms with E-state index in [2.05, 4.69) is 21.1 Å². The standard InChI is InChI=1S/C28H32ClN7O6/c1-15-6-9-19(42-15)25(28(2,3)4)31-22-21(23(37)24(22)38)30-18-8-7-17(29)16-14-34(26(39)20(16)18)10-11-35-27(40)36(33-32-35)12-13-41-5/h6-9,25,30-31H,10-14H2,1-5H3. The molecule has 2 N–H and O–H groups in total. The van der Waals surface area contributed by atoms with E-state index >= 15 is 0 Å². The highest BCUT2D eigenvalue weighted by molar-refractivity contribution is 6.32. The van der Waals surface area contributed by atoms with Gasteiger partial charge in [0.1, 0.15) is 22.9 Å². The van der Waals surface area contributed by atoms with Crippen LogP contribution < -0.4 is 27.2 Å². The first kappa shape index (κ1) is 29.3. The van der Waals surface area contributed by atoms with Crippen LogP contribution in [0.5, 0.6) is 0 Å². The molecule has 1 atom stereocenters. The zero-order chi connectivity index (χ0) is 30.3. The molecule has 0 saturated carbocycles. The molecule has 13 nitrogen and oxygen atoms in total. The summed E-state index contributed by atoms with van der Waals surface area (Å²) >= 11 is 6.46. The Morgan fingerprint density at radius 1 is 1.00 bits per heavy atom. The summed E-state index contributed by atoms with van der Waals surface area (Å²) in [7, 11) is 1.53. The summed E-state index contributed by atoms with van der Waals surface area (Å²) in [6.07, 6.45) is 0. The Morgan fingerprint density at radius 2 is 1.69 bits per heavy atom. The van der Waals surface area contributed by atoms with E-state index in [1.807, 2.05) is 39.8 Å². The quantitative estimate of drug-likeness (QED) is 0.247. The van der Waals surface area contributed by atoms with Gasteiger partial charge in [-0.2, -0.15) is 9.36 Å². The monoisotopic (exact) mass is 597 g/mol. The number of anilines is 3. The lowest BCUT2D eigenvalue weighted by atomic mass is 9.85. The normalized spacial score (nSPS) is 14.0. The second-order valence-corrected chi connectivity index (χ2v) is 11.7. The van der Waals surface area contributed by atoms with Crippen molar-refractivity contribution in [1.29, 1.82) is 0 Å². The second kappa shape index (κ2) is 11.2. The zero-order valence-electron chi connectivity index (χ0n) is 24.0. The third-order valence-corrected chi connectivity index (χ3v) is 7.62. The number of furan rings is 1. The number of halogens is 1. The number of aromatic nitrogens is 4. The van der Waals surface area contributed by atoms with Gasteiger partial charge in [0.2, 0.25) is 0 Å². The first-order valence-corrected chi connectivity index (χ1v) is 13.8. The third-order valence-electron chi connectivity index (χ3n) is 7.26. The fourth-order valence-electron chi connectivity index (χ4n) is 4.96. The summed E-state index contributed by atoms with van der Waals surface area (Å²) < 4.78 is 13.2. The van der Waals surface area contributed by atoms with E-state index in [-0.39, 0.29) is 48.9 Å². The van der Waals surface area contributed by atoms with E-state index in [1.54, 1.807) is 17.0 Å². The minimum absolute atomic E-state index is 0.0625. The number of aryl methyl sites for hydroxylation is 1. The van der Waals surface area contributed by atoms with E-state index in [9.17, 15) is 19.2 Å². The van der Waals surface area contributed by atoms with E-state index in [1.165, 1.54) is 16.5 Å². The summed E-state index contributed by atoms with van der Waals surface area (Å²) in [6.45, 7) is 8.90. The molecule has 0 fully saturated rings. The van der Waals surface area contributed by atoms with Gasteiger partial charge in [-0.05, 0) is 47.0 Å². The summed E-state index contributed by atoms with van der Waals surface area (Å²) in [4.78, 5) is 53.0. The Morgan fingerprint density at radius 3 is 2.33 bits per heavy atom.